The number of thiophene rings is 1. The van der Waals surface area contributed by atoms with Gasteiger partial charge in [-0.3, -0.25) is 0 Å². The van der Waals surface area contributed by atoms with E-state index >= 15 is 0 Å². The molecule has 5 nitrogen and oxygen atoms in total. The zero-order valence-electron chi connectivity index (χ0n) is 22.3. The molecule has 196 valence electrons. The molecule has 3 rings (SSSR count). The summed E-state index contributed by atoms with van der Waals surface area (Å²) < 4.78 is 1.36. The molecule has 34 heavy (non-hydrogen) atoms. The molecule has 0 aromatic carbocycles. The van der Waals surface area contributed by atoms with E-state index in [2.05, 4.69) is 22.0 Å². The van der Waals surface area contributed by atoms with E-state index in [0.717, 1.165) is 5.82 Å². The summed E-state index contributed by atoms with van der Waals surface area (Å²) >= 11 is 1.71. The Bertz CT molecular complexity index is 575. The van der Waals surface area contributed by atoms with Crippen LogP contribution in [0.3, 0.4) is 0 Å². The van der Waals surface area contributed by atoms with Crippen LogP contribution in [0.4, 0.5) is 0 Å². The van der Waals surface area contributed by atoms with Crippen LogP contribution in [0.5, 0.6) is 0 Å². The Morgan fingerprint density at radius 3 is 1.29 bits per heavy atom. The number of aryl methyl sites for hydroxylation is 1. The fourth-order valence-corrected chi connectivity index (χ4v) is 4.73. The van der Waals surface area contributed by atoms with E-state index in [1.165, 1.54) is 140 Å². The third-order valence-electron chi connectivity index (χ3n) is 6.57. The molecule has 0 atom stereocenters. The van der Waals surface area contributed by atoms with E-state index in [1.807, 2.05) is 22.9 Å². The van der Waals surface area contributed by atoms with Gasteiger partial charge >= 0.3 is 0 Å². The van der Waals surface area contributed by atoms with Gasteiger partial charge in [-0.2, -0.15) is 11.3 Å². The van der Waals surface area contributed by atoms with Crippen molar-refractivity contribution in [2.24, 2.45) is 0 Å². The monoisotopic (exact) mass is 491 g/mol. The van der Waals surface area contributed by atoms with Gasteiger partial charge in [-0.15, -0.1) is 10.2 Å². The summed E-state index contributed by atoms with van der Waals surface area (Å²) in [6.45, 7) is 8.05. The van der Waals surface area contributed by atoms with Crippen LogP contribution in [0, 0.1) is 6.92 Å². The normalized spacial score (nSPS) is 18.5. The number of nitrogens with zero attached hydrogens (tertiary/aromatic N) is 4. The van der Waals surface area contributed by atoms with Crippen LogP contribution in [0.2, 0.25) is 0 Å². The minimum absolute atomic E-state index is 0.722. The average Bonchev–Trinajstić information content (AvgIpc) is 3.55. The van der Waals surface area contributed by atoms with Crippen molar-refractivity contribution in [3.8, 4) is 0 Å². The number of nitrogens with two attached hydrogens (primary N) is 1. The molecule has 0 amide bonds. The molecular weight excluding hydrogens is 438 g/mol. The van der Waals surface area contributed by atoms with Gasteiger partial charge in [-0.05, 0) is 50.2 Å². The van der Waals surface area contributed by atoms with Crippen molar-refractivity contribution >= 4 is 11.3 Å². The third-order valence-corrected chi connectivity index (χ3v) is 7.20. The highest BCUT2D eigenvalue weighted by Gasteiger charge is 2.02. The zero-order valence-corrected chi connectivity index (χ0v) is 23.1. The Labute approximate surface area is 214 Å². The minimum Gasteiger partial charge on any atom is -0.336 e. The summed E-state index contributed by atoms with van der Waals surface area (Å²) in [6, 6.07) is 4.04. The fraction of sp³-hybridized carbons (Fsp3) is 0.786. The van der Waals surface area contributed by atoms with Gasteiger partial charge in [-0.1, -0.05) is 115 Å². The average molecular weight is 492 g/mol. The quantitative estimate of drug-likeness (QED) is 0.410. The first-order valence-electron chi connectivity index (χ1n) is 14.0. The van der Waals surface area contributed by atoms with Gasteiger partial charge < -0.3 is 10.7 Å². The second-order valence-corrected chi connectivity index (χ2v) is 10.3. The molecule has 0 radical (unpaired) electrons. The van der Waals surface area contributed by atoms with Crippen LogP contribution in [-0.4, -0.2) is 39.4 Å². The Morgan fingerprint density at radius 2 is 1.09 bits per heavy atom. The number of aromatic nitrogens is 3. The number of rotatable bonds is 1. The first-order chi connectivity index (χ1) is 16.7. The first kappa shape index (κ1) is 30.6. The lowest BCUT2D eigenvalue weighted by molar-refractivity contribution is 0.273. The molecular formula is C28H53N5S. The lowest BCUT2D eigenvalue weighted by atomic mass is 10.0. The van der Waals surface area contributed by atoms with E-state index in [1.54, 1.807) is 18.3 Å². The van der Waals surface area contributed by atoms with E-state index in [4.69, 9.17) is 5.84 Å². The first-order valence-corrected chi connectivity index (χ1v) is 15.0. The lowest BCUT2D eigenvalue weighted by Gasteiger charge is -2.20. The molecule has 1 saturated heterocycles. The molecule has 0 aliphatic carbocycles. The lowest BCUT2D eigenvalue weighted by Crippen LogP contribution is -2.25. The maximum atomic E-state index is 5.23. The maximum absolute atomic E-state index is 5.23. The molecule has 1 fully saturated rings. The van der Waals surface area contributed by atoms with E-state index < -0.39 is 0 Å². The Kier molecular flexibility index (Phi) is 21.0. The SMILES string of the molecule is CCN1CCCCCCCCCCCCCCCCCCC1.Cc1nncn1N.c1ccsc1. The maximum Gasteiger partial charge on any atom is 0.148 e. The van der Waals surface area contributed by atoms with E-state index in [9.17, 15) is 0 Å². The molecule has 2 aromatic rings. The van der Waals surface area contributed by atoms with Gasteiger partial charge in [0.25, 0.3) is 0 Å². The summed E-state index contributed by atoms with van der Waals surface area (Å²) in [5.41, 5.74) is 0. The summed E-state index contributed by atoms with van der Waals surface area (Å²) in [4.78, 5) is 2.68. The highest BCUT2D eigenvalue weighted by molar-refractivity contribution is 7.07. The molecule has 2 aromatic heterocycles. The molecule has 3 heterocycles. The number of nitrogen functional groups attached to an aromatic ring is 1. The van der Waals surface area contributed by atoms with Crippen molar-refractivity contribution < 1.29 is 0 Å². The molecule has 0 bridgehead atoms. The summed E-state index contributed by atoms with van der Waals surface area (Å²) in [5, 5.41) is 11.2. The van der Waals surface area contributed by atoms with Gasteiger partial charge in [0, 0.05) is 0 Å². The smallest absolute Gasteiger partial charge is 0.148 e. The van der Waals surface area contributed by atoms with Gasteiger partial charge in [0.15, 0.2) is 0 Å². The summed E-state index contributed by atoms with van der Waals surface area (Å²) in [7, 11) is 0. The predicted octanol–water partition coefficient (Wildman–Crippen LogP) is 8.00. The van der Waals surface area contributed by atoms with Gasteiger partial charge in [-0.25, -0.2) is 4.68 Å². The second kappa shape index (κ2) is 23.3. The summed E-state index contributed by atoms with van der Waals surface area (Å²) in [5.74, 6) is 5.95. The van der Waals surface area contributed by atoms with Crippen molar-refractivity contribution in [1.82, 2.24) is 19.8 Å². The van der Waals surface area contributed by atoms with Crippen LogP contribution < -0.4 is 5.84 Å². The van der Waals surface area contributed by atoms with Crippen molar-refractivity contribution in [3.05, 3.63) is 35.0 Å². The zero-order chi connectivity index (χ0) is 24.5. The van der Waals surface area contributed by atoms with Crippen molar-refractivity contribution in [2.75, 3.05) is 25.5 Å². The molecule has 1 aliphatic rings. The van der Waals surface area contributed by atoms with E-state index in [-0.39, 0.29) is 0 Å². The Morgan fingerprint density at radius 1 is 0.706 bits per heavy atom. The van der Waals surface area contributed by atoms with Gasteiger partial charge in [0.2, 0.25) is 0 Å². The predicted molar refractivity (Wildman–Crippen MR) is 150 cm³/mol. The van der Waals surface area contributed by atoms with Crippen molar-refractivity contribution in [1.29, 1.82) is 0 Å². The molecule has 6 heteroatoms. The third kappa shape index (κ3) is 19.0. The number of hydrogen-bond donors (Lipinski definition) is 1. The Hall–Kier alpha value is -1.40. The molecule has 0 saturated carbocycles. The van der Waals surface area contributed by atoms with Crippen LogP contribution >= 0.6 is 11.3 Å². The van der Waals surface area contributed by atoms with Crippen molar-refractivity contribution in [2.45, 2.75) is 123 Å². The van der Waals surface area contributed by atoms with Gasteiger partial charge in [0.05, 0.1) is 0 Å². The molecule has 0 unspecified atom stereocenters. The van der Waals surface area contributed by atoms with Crippen LogP contribution in [0.15, 0.2) is 29.2 Å². The molecule has 0 spiro atoms. The highest BCUT2D eigenvalue weighted by atomic mass is 32.1. The topological polar surface area (TPSA) is 60.0 Å². The summed E-state index contributed by atoms with van der Waals surface area (Å²) in [6.07, 6.45) is 26.5. The fourth-order valence-electron chi connectivity index (χ4n) is 4.28. The minimum atomic E-state index is 0.722. The molecule has 2 N–H and O–H groups in total. The second-order valence-electron chi connectivity index (χ2n) is 9.52. The Balaban J connectivity index is 0.000000385. The van der Waals surface area contributed by atoms with Crippen LogP contribution in [0.25, 0.3) is 0 Å². The highest BCUT2D eigenvalue weighted by Crippen LogP contribution is 2.15. The van der Waals surface area contributed by atoms with E-state index in [0.29, 0.717) is 0 Å². The standard InChI is InChI=1S/C21H43N.C4H4S.C3H6N4/c1-2-22-20-18-16-14-12-10-8-6-4-3-5-7-9-11-13-15-17-19-21-22;1-2-4-5-3-1;1-3-6-5-2-7(3)4/h2-21H2,1H3;1-4H;2H,4H2,1H3. The van der Waals surface area contributed by atoms with Crippen LogP contribution in [-0.2, 0) is 0 Å². The van der Waals surface area contributed by atoms with Gasteiger partial charge in [0.1, 0.15) is 12.2 Å². The number of hydrogen-bond acceptors (Lipinski definition) is 5. The van der Waals surface area contributed by atoms with Crippen molar-refractivity contribution in [3.63, 3.8) is 0 Å². The van der Waals surface area contributed by atoms with Crippen LogP contribution in [0.1, 0.15) is 122 Å². The molecule has 1 aliphatic heterocycles. The largest absolute Gasteiger partial charge is 0.336 e.